The Balaban J connectivity index is 1.79. The van der Waals surface area contributed by atoms with Gasteiger partial charge in [-0.25, -0.2) is 0 Å². The van der Waals surface area contributed by atoms with Gasteiger partial charge in [-0.3, -0.25) is 9.59 Å². The van der Waals surface area contributed by atoms with Gasteiger partial charge in [0.1, 0.15) is 0 Å². The van der Waals surface area contributed by atoms with E-state index >= 15 is 0 Å². The van der Waals surface area contributed by atoms with E-state index in [-0.39, 0.29) is 11.8 Å². The largest absolute Gasteiger partial charge is 0.481 e. The number of carbonyl (C=O) groups is 2. The maximum absolute atomic E-state index is 11.9. The lowest BCUT2D eigenvalue weighted by Crippen LogP contribution is -2.33. The number of aliphatic carboxylic acids is 1. The number of amides is 1. The fraction of sp³-hybridized carbons (Fsp3) is 0.833. The summed E-state index contributed by atoms with van der Waals surface area (Å²) in [6.45, 7) is 0.807. The Hall–Kier alpha value is -1.06. The van der Waals surface area contributed by atoms with E-state index in [9.17, 15) is 9.59 Å². The maximum atomic E-state index is 11.9. The molecule has 2 atom stereocenters. The van der Waals surface area contributed by atoms with Gasteiger partial charge in [-0.05, 0) is 25.2 Å². The van der Waals surface area contributed by atoms with Crippen molar-refractivity contribution in [2.24, 2.45) is 17.8 Å². The van der Waals surface area contributed by atoms with Crippen molar-refractivity contribution >= 4 is 11.9 Å². The van der Waals surface area contributed by atoms with Crippen LogP contribution in [0.15, 0.2) is 0 Å². The van der Waals surface area contributed by atoms with E-state index < -0.39 is 11.9 Å². The van der Waals surface area contributed by atoms with Crippen LogP contribution in [-0.2, 0) is 9.59 Å². The predicted molar refractivity (Wildman–Crippen MR) is 58.8 cm³/mol. The highest BCUT2D eigenvalue weighted by molar-refractivity contribution is 5.89. The van der Waals surface area contributed by atoms with Crippen LogP contribution in [0.5, 0.6) is 0 Å². The molecule has 1 N–H and O–H groups in total. The van der Waals surface area contributed by atoms with Gasteiger partial charge in [0.15, 0.2) is 0 Å². The lowest BCUT2D eigenvalue weighted by Gasteiger charge is -2.21. The Morgan fingerprint density at radius 1 is 1.25 bits per heavy atom. The minimum Gasteiger partial charge on any atom is -0.481 e. The first kappa shape index (κ1) is 11.4. The summed E-state index contributed by atoms with van der Waals surface area (Å²) in [5.41, 5.74) is 0. The normalized spacial score (nSPS) is 29.1. The molecule has 0 bridgehead atoms. The van der Waals surface area contributed by atoms with E-state index in [1.807, 2.05) is 0 Å². The molecule has 90 valence electrons. The number of carboxylic acid groups (broad SMARTS) is 1. The number of rotatable bonds is 4. The van der Waals surface area contributed by atoms with Crippen molar-refractivity contribution in [2.75, 3.05) is 13.6 Å². The Labute approximate surface area is 95.6 Å². The maximum Gasteiger partial charge on any atom is 0.307 e. The molecule has 2 aliphatic rings. The number of nitrogens with zero attached hydrogens (tertiary/aromatic N) is 1. The molecule has 2 saturated carbocycles. The van der Waals surface area contributed by atoms with Crippen molar-refractivity contribution in [3.05, 3.63) is 0 Å². The molecule has 2 rings (SSSR count). The Morgan fingerprint density at radius 2 is 1.88 bits per heavy atom. The fourth-order valence-electron chi connectivity index (χ4n) is 2.69. The van der Waals surface area contributed by atoms with Gasteiger partial charge in [-0.15, -0.1) is 0 Å². The molecule has 2 unspecified atom stereocenters. The molecule has 0 heterocycles. The van der Waals surface area contributed by atoms with Gasteiger partial charge in [0.05, 0.1) is 11.8 Å². The summed E-state index contributed by atoms with van der Waals surface area (Å²) in [6, 6.07) is 0. The first-order valence-corrected chi connectivity index (χ1v) is 6.07. The predicted octanol–water partition coefficient (Wildman–Crippen LogP) is 1.36. The third-order valence-corrected chi connectivity index (χ3v) is 3.81. The van der Waals surface area contributed by atoms with E-state index in [1.54, 1.807) is 11.9 Å². The number of hydrogen-bond donors (Lipinski definition) is 1. The number of carboxylic acids is 1. The summed E-state index contributed by atoms with van der Waals surface area (Å²) in [6.07, 6.45) is 5.50. The first-order chi connectivity index (χ1) is 7.59. The second kappa shape index (κ2) is 4.44. The lowest BCUT2D eigenvalue weighted by atomic mass is 10.1. The molecule has 4 heteroatoms. The van der Waals surface area contributed by atoms with Crippen LogP contribution in [-0.4, -0.2) is 35.5 Å². The average Bonchev–Trinajstić information content (AvgIpc) is 2.89. The zero-order valence-corrected chi connectivity index (χ0v) is 9.69. The third kappa shape index (κ3) is 2.36. The van der Waals surface area contributed by atoms with E-state index in [1.165, 1.54) is 25.7 Å². The van der Waals surface area contributed by atoms with E-state index in [4.69, 9.17) is 5.11 Å². The van der Waals surface area contributed by atoms with Crippen molar-refractivity contribution in [3.63, 3.8) is 0 Å². The van der Waals surface area contributed by atoms with E-state index in [0.29, 0.717) is 12.3 Å². The highest BCUT2D eigenvalue weighted by Crippen LogP contribution is 2.40. The van der Waals surface area contributed by atoms with Gasteiger partial charge in [0.25, 0.3) is 0 Å². The molecular weight excluding hydrogens is 206 g/mol. The topological polar surface area (TPSA) is 57.6 Å². The van der Waals surface area contributed by atoms with E-state index in [2.05, 4.69) is 0 Å². The van der Waals surface area contributed by atoms with Crippen molar-refractivity contribution in [1.29, 1.82) is 0 Å². The molecule has 0 aromatic carbocycles. The third-order valence-electron chi connectivity index (χ3n) is 3.81. The second-order valence-electron chi connectivity index (χ2n) is 5.16. The first-order valence-electron chi connectivity index (χ1n) is 6.07. The zero-order valence-electron chi connectivity index (χ0n) is 9.69. The quantitative estimate of drug-likeness (QED) is 0.785. The van der Waals surface area contributed by atoms with Gasteiger partial charge in [0.2, 0.25) is 5.91 Å². The molecule has 4 nitrogen and oxygen atoms in total. The Kier molecular flexibility index (Phi) is 3.17. The minimum atomic E-state index is -0.826. The van der Waals surface area contributed by atoms with Crippen LogP contribution in [0, 0.1) is 17.8 Å². The molecule has 0 aliphatic heterocycles. The van der Waals surface area contributed by atoms with Crippen LogP contribution < -0.4 is 0 Å². The summed E-state index contributed by atoms with van der Waals surface area (Å²) >= 11 is 0. The smallest absolute Gasteiger partial charge is 0.307 e. The Morgan fingerprint density at radius 3 is 2.38 bits per heavy atom. The van der Waals surface area contributed by atoms with Crippen molar-refractivity contribution < 1.29 is 14.7 Å². The number of hydrogen-bond acceptors (Lipinski definition) is 2. The number of carbonyl (C=O) groups excluding carboxylic acids is 1. The summed E-state index contributed by atoms with van der Waals surface area (Å²) in [5.74, 6) is -0.828. The van der Waals surface area contributed by atoms with Gasteiger partial charge < -0.3 is 10.0 Å². The lowest BCUT2D eigenvalue weighted by molar-refractivity contribution is -0.141. The molecule has 1 amide bonds. The summed E-state index contributed by atoms with van der Waals surface area (Å²) in [4.78, 5) is 24.3. The SMILES string of the molecule is CN(CC1CCCC1)C(=O)C1CC1C(=O)O. The highest BCUT2D eigenvalue weighted by Gasteiger charge is 2.49. The molecule has 0 spiro atoms. The van der Waals surface area contributed by atoms with Crippen LogP contribution in [0.1, 0.15) is 32.1 Å². The average molecular weight is 225 g/mol. The summed E-state index contributed by atoms with van der Waals surface area (Å²) < 4.78 is 0. The highest BCUT2D eigenvalue weighted by atomic mass is 16.4. The summed E-state index contributed by atoms with van der Waals surface area (Å²) in [7, 11) is 1.80. The van der Waals surface area contributed by atoms with Crippen LogP contribution in [0.2, 0.25) is 0 Å². The van der Waals surface area contributed by atoms with Crippen molar-refractivity contribution in [2.45, 2.75) is 32.1 Å². The van der Waals surface area contributed by atoms with Crippen LogP contribution in [0.3, 0.4) is 0 Å². The molecular formula is C12H19NO3. The second-order valence-corrected chi connectivity index (χ2v) is 5.16. The molecule has 2 aliphatic carbocycles. The zero-order chi connectivity index (χ0) is 11.7. The van der Waals surface area contributed by atoms with Gasteiger partial charge in [-0.2, -0.15) is 0 Å². The van der Waals surface area contributed by atoms with Gasteiger partial charge >= 0.3 is 5.97 Å². The standard InChI is InChI=1S/C12H19NO3/c1-13(7-8-4-2-3-5-8)11(14)9-6-10(9)12(15)16/h8-10H,2-7H2,1H3,(H,15,16). The molecule has 16 heavy (non-hydrogen) atoms. The monoisotopic (exact) mass is 225 g/mol. The van der Waals surface area contributed by atoms with Gasteiger partial charge in [0, 0.05) is 13.6 Å². The van der Waals surface area contributed by atoms with E-state index in [0.717, 1.165) is 6.54 Å². The van der Waals surface area contributed by atoms with Gasteiger partial charge in [-0.1, -0.05) is 12.8 Å². The van der Waals surface area contributed by atoms with Crippen LogP contribution in [0.4, 0.5) is 0 Å². The molecule has 0 aromatic rings. The molecule has 0 aromatic heterocycles. The minimum absolute atomic E-state index is 0.0271. The summed E-state index contributed by atoms with van der Waals surface area (Å²) in [5, 5.41) is 8.77. The Bertz CT molecular complexity index is 297. The molecule has 2 fully saturated rings. The van der Waals surface area contributed by atoms with Crippen molar-refractivity contribution in [3.8, 4) is 0 Å². The van der Waals surface area contributed by atoms with Crippen LogP contribution in [0.25, 0.3) is 0 Å². The van der Waals surface area contributed by atoms with Crippen LogP contribution >= 0.6 is 0 Å². The molecule has 0 saturated heterocycles. The van der Waals surface area contributed by atoms with Crippen molar-refractivity contribution in [1.82, 2.24) is 4.90 Å². The fourth-order valence-corrected chi connectivity index (χ4v) is 2.69. The molecule has 0 radical (unpaired) electrons.